The molecule has 0 aliphatic heterocycles. The number of rotatable bonds is 7. The highest BCUT2D eigenvalue weighted by atomic mass is 16.6. The van der Waals surface area contributed by atoms with Crippen molar-refractivity contribution < 1.29 is 9.53 Å². The van der Waals surface area contributed by atoms with Gasteiger partial charge in [0.2, 0.25) is 0 Å². The zero-order valence-corrected chi connectivity index (χ0v) is 15.4. The Morgan fingerprint density at radius 1 is 1.13 bits per heavy atom. The number of aryl methyl sites for hydroxylation is 1. The fraction of sp³-hybridized carbons (Fsp3) is 0.632. The van der Waals surface area contributed by atoms with Crippen molar-refractivity contribution in [2.75, 3.05) is 6.54 Å². The van der Waals surface area contributed by atoms with Crippen molar-refractivity contribution in [3.63, 3.8) is 0 Å². The Morgan fingerprint density at radius 2 is 1.74 bits per heavy atom. The van der Waals surface area contributed by atoms with E-state index in [0.29, 0.717) is 12.6 Å². The summed E-state index contributed by atoms with van der Waals surface area (Å²) in [6.45, 7) is 12.5. The van der Waals surface area contributed by atoms with Gasteiger partial charge in [0.05, 0.1) is 5.54 Å². The van der Waals surface area contributed by atoms with Gasteiger partial charge in [-0.15, -0.1) is 0 Å². The van der Waals surface area contributed by atoms with Gasteiger partial charge in [-0.3, -0.25) is 0 Å². The lowest BCUT2D eigenvalue weighted by Gasteiger charge is -2.30. The first kappa shape index (κ1) is 19.5. The predicted octanol–water partition coefficient (Wildman–Crippen LogP) is 3.90. The third kappa shape index (κ3) is 9.24. The van der Waals surface area contributed by atoms with Gasteiger partial charge in [0.25, 0.3) is 0 Å². The zero-order valence-electron chi connectivity index (χ0n) is 15.4. The van der Waals surface area contributed by atoms with Crippen LogP contribution in [-0.2, 0) is 11.2 Å². The second-order valence-corrected chi connectivity index (χ2v) is 7.82. The van der Waals surface area contributed by atoms with E-state index in [1.54, 1.807) is 0 Å². The summed E-state index contributed by atoms with van der Waals surface area (Å²) in [7, 11) is 0. The zero-order chi connectivity index (χ0) is 17.5. The molecule has 4 nitrogen and oxygen atoms in total. The number of carbonyl (C=O) groups excluding carboxylic acids is 1. The van der Waals surface area contributed by atoms with Gasteiger partial charge in [0, 0.05) is 12.6 Å². The fourth-order valence-corrected chi connectivity index (χ4v) is 2.18. The van der Waals surface area contributed by atoms with E-state index in [9.17, 15) is 4.79 Å². The average Bonchev–Trinajstić information content (AvgIpc) is 2.41. The van der Waals surface area contributed by atoms with Gasteiger partial charge in [0.15, 0.2) is 0 Å². The normalized spacial score (nSPS) is 13.5. The molecule has 0 fully saturated rings. The van der Waals surface area contributed by atoms with E-state index in [1.165, 1.54) is 5.56 Å². The number of alkyl carbamates (subject to hydrolysis) is 1. The lowest BCUT2D eigenvalue weighted by molar-refractivity contribution is 0.0470. The summed E-state index contributed by atoms with van der Waals surface area (Å²) >= 11 is 0. The molecule has 23 heavy (non-hydrogen) atoms. The van der Waals surface area contributed by atoms with Gasteiger partial charge in [-0.1, -0.05) is 30.3 Å². The summed E-state index contributed by atoms with van der Waals surface area (Å²) in [4.78, 5) is 11.9. The van der Waals surface area contributed by atoms with E-state index in [1.807, 2.05) is 40.7 Å². The minimum Gasteiger partial charge on any atom is -0.444 e. The molecule has 0 aliphatic rings. The van der Waals surface area contributed by atoms with Crippen molar-refractivity contribution in [1.82, 2.24) is 10.6 Å². The molecule has 0 aromatic heterocycles. The Kier molecular flexibility index (Phi) is 7.07. The van der Waals surface area contributed by atoms with E-state index in [4.69, 9.17) is 4.74 Å². The van der Waals surface area contributed by atoms with Crippen LogP contribution in [-0.4, -0.2) is 29.8 Å². The molecule has 1 aromatic carbocycles. The van der Waals surface area contributed by atoms with Crippen LogP contribution in [0.2, 0.25) is 0 Å². The third-order valence-electron chi connectivity index (χ3n) is 3.44. The molecular weight excluding hydrogens is 288 g/mol. The van der Waals surface area contributed by atoms with Crippen LogP contribution in [0.3, 0.4) is 0 Å². The maximum Gasteiger partial charge on any atom is 0.408 e. The second kappa shape index (κ2) is 8.34. The number of benzene rings is 1. The van der Waals surface area contributed by atoms with E-state index < -0.39 is 5.60 Å². The summed E-state index contributed by atoms with van der Waals surface area (Å²) in [5.41, 5.74) is 0.521. The molecule has 1 rings (SSSR count). The number of hydrogen-bond donors (Lipinski definition) is 2. The standard InChI is InChI=1S/C19H32N2O2/c1-15(12-13-16-10-8-7-9-11-16)20-14-19(5,6)21-17(22)23-18(2,3)4/h7-11,15,20H,12-14H2,1-6H3,(H,21,22). The van der Waals surface area contributed by atoms with Crippen LogP contribution in [0.1, 0.15) is 53.5 Å². The highest BCUT2D eigenvalue weighted by molar-refractivity contribution is 5.68. The first-order valence-electron chi connectivity index (χ1n) is 8.36. The number of carbonyl (C=O) groups is 1. The average molecular weight is 320 g/mol. The molecule has 0 spiro atoms. The molecule has 1 unspecified atom stereocenters. The van der Waals surface area contributed by atoms with Crippen LogP contribution in [0.4, 0.5) is 4.79 Å². The quantitative estimate of drug-likeness (QED) is 0.801. The van der Waals surface area contributed by atoms with E-state index in [-0.39, 0.29) is 11.6 Å². The molecule has 0 saturated heterocycles. The molecule has 1 amide bonds. The molecule has 130 valence electrons. The first-order chi connectivity index (χ1) is 10.6. The van der Waals surface area contributed by atoms with Gasteiger partial charge in [-0.05, 0) is 59.9 Å². The molecule has 0 saturated carbocycles. The molecule has 0 heterocycles. The highest BCUT2D eigenvalue weighted by Crippen LogP contribution is 2.10. The van der Waals surface area contributed by atoms with Crippen LogP contribution in [0.5, 0.6) is 0 Å². The number of ether oxygens (including phenoxy) is 1. The van der Waals surface area contributed by atoms with Crippen LogP contribution >= 0.6 is 0 Å². The Hall–Kier alpha value is -1.55. The molecule has 0 bridgehead atoms. The maximum atomic E-state index is 11.9. The largest absolute Gasteiger partial charge is 0.444 e. The van der Waals surface area contributed by atoms with Crippen LogP contribution < -0.4 is 10.6 Å². The van der Waals surface area contributed by atoms with Crippen LogP contribution in [0, 0.1) is 0 Å². The lowest BCUT2D eigenvalue weighted by Crippen LogP contribution is -2.52. The molecule has 1 atom stereocenters. The van der Waals surface area contributed by atoms with E-state index >= 15 is 0 Å². The fourth-order valence-electron chi connectivity index (χ4n) is 2.18. The summed E-state index contributed by atoms with van der Waals surface area (Å²) in [5, 5.41) is 6.41. The predicted molar refractivity (Wildman–Crippen MR) is 95.7 cm³/mol. The van der Waals surface area contributed by atoms with Crippen molar-refractivity contribution in [1.29, 1.82) is 0 Å². The van der Waals surface area contributed by atoms with Crippen molar-refractivity contribution in [3.05, 3.63) is 35.9 Å². The van der Waals surface area contributed by atoms with E-state index in [2.05, 4.69) is 41.8 Å². The minimum absolute atomic E-state index is 0.358. The Morgan fingerprint density at radius 3 is 2.30 bits per heavy atom. The van der Waals surface area contributed by atoms with Gasteiger partial charge >= 0.3 is 6.09 Å². The molecule has 0 radical (unpaired) electrons. The number of nitrogens with one attached hydrogen (secondary N) is 2. The number of hydrogen-bond acceptors (Lipinski definition) is 3. The van der Waals surface area contributed by atoms with Crippen molar-refractivity contribution >= 4 is 6.09 Å². The minimum atomic E-state index is -0.476. The molecule has 1 aromatic rings. The highest BCUT2D eigenvalue weighted by Gasteiger charge is 2.24. The summed E-state index contributed by atoms with van der Waals surface area (Å²) in [5.74, 6) is 0. The molecule has 2 N–H and O–H groups in total. The molecule has 0 aliphatic carbocycles. The van der Waals surface area contributed by atoms with Gasteiger partial charge < -0.3 is 15.4 Å². The third-order valence-corrected chi connectivity index (χ3v) is 3.44. The van der Waals surface area contributed by atoms with Crippen molar-refractivity contribution in [2.45, 2.75) is 71.6 Å². The summed E-state index contributed by atoms with van der Waals surface area (Å²) in [6.07, 6.45) is 1.74. The lowest BCUT2D eigenvalue weighted by atomic mass is 10.0. The van der Waals surface area contributed by atoms with Crippen molar-refractivity contribution in [2.24, 2.45) is 0 Å². The first-order valence-corrected chi connectivity index (χ1v) is 8.36. The van der Waals surface area contributed by atoms with Gasteiger partial charge in [-0.25, -0.2) is 4.79 Å². The molecule has 4 heteroatoms. The van der Waals surface area contributed by atoms with Crippen LogP contribution in [0.15, 0.2) is 30.3 Å². The SMILES string of the molecule is CC(CCc1ccccc1)NCC(C)(C)NC(=O)OC(C)(C)C. The van der Waals surface area contributed by atoms with E-state index in [0.717, 1.165) is 12.8 Å². The number of amides is 1. The van der Waals surface area contributed by atoms with Gasteiger partial charge in [-0.2, -0.15) is 0 Å². The summed E-state index contributed by atoms with van der Waals surface area (Å²) < 4.78 is 5.31. The van der Waals surface area contributed by atoms with Gasteiger partial charge in [0.1, 0.15) is 5.60 Å². The smallest absolute Gasteiger partial charge is 0.408 e. The van der Waals surface area contributed by atoms with Crippen LogP contribution in [0.25, 0.3) is 0 Å². The Labute approximate surface area is 141 Å². The Balaban J connectivity index is 2.32. The summed E-state index contributed by atoms with van der Waals surface area (Å²) in [6, 6.07) is 10.9. The monoisotopic (exact) mass is 320 g/mol. The second-order valence-electron chi connectivity index (χ2n) is 7.82. The topological polar surface area (TPSA) is 50.4 Å². The maximum absolute atomic E-state index is 11.9. The Bertz CT molecular complexity index is 478. The molecular formula is C19H32N2O2. The van der Waals surface area contributed by atoms with Crippen molar-refractivity contribution in [3.8, 4) is 0 Å².